The molecule has 0 saturated heterocycles. The van der Waals surface area contributed by atoms with Crippen molar-refractivity contribution >= 4 is 0 Å². The fourth-order valence-electron chi connectivity index (χ4n) is 1.68. The van der Waals surface area contributed by atoms with Crippen LogP contribution in [0.2, 0.25) is 0 Å². The molecule has 3 nitrogen and oxygen atoms in total. The molecule has 74 valence electrons. The Morgan fingerprint density at radius 2 is 2.00 bits per heavy atom. The maximum atomic E-state index is 5.56. The molecule has 0 aromatic carbocycles. The van der Waals surface area contributed by atoms with Gasteiger partial charge in [0.1, 0.15) is 5.82 Å². The van der Waals surface area contributed by atoms with E-state index in [1.165, 1.54) is 17.2 Å². The summed E-state index contributed by atoms with van der Waals surface area (Å²) in [5.41, 5.74) is 8.05. The monoisotopic (exact) mass is 181 g/mol. The molecular weight excluding hydrogens is 162 g/mol. The molecule has 0 atom stereocenters. The molecule has 0 unspecified atom stereocenters. The van der Waals surface area contributed by atoms with E-state index in [0.717, 1.165) is 19.4 Å². The lowest BCUT2D eigenvalue weighted by Gasteiger charge is -2.06. The molecule has 0 saturated carbocycles. The number of hydrogen-bond donors (Lipinski definition) is 1. The van der Waals surface area contributed by atoms with Gasteiger partial charge < -0.3 is 10.3 Å². The van der Waals surface area contributed by atoms with Gasteiger partial charge in [-0.25, -0.2) is 4.98 Å². The summed E-state index contributed by atoms with van der Waals surface area (Å²) in [6.07, 6.45) is 2.00. The number of aromatic nitrogens is 2. The number of aryl methyl sites for hydroxylation is 2. The van der Waals surface area contributed by atoms with Gasteiger partial charge in [-0.15, -0.1) is 0 Å². The Hall–Kier alpha value is -0.830. The first-order chi connectivity index (χ1) is 6.24. The van der Waals surface area contributed by atoms with E-state index in [0.29, 0.717) is 6.54 Å². The number of imidazole rings is 1. The van der Waals surface area contributed by atoms with E-state index in [9.17, 15) is 0 Å². The third-order valence-electron chi connectivity index (χ3n) is 2.40. The highest BCUT2D eigenvalue weighted by Gasteiger charge is 2.09. The SMILES string of the molecule is CCc1nc(CC)n(CCN)c1C. The Morgan fingerprint density at radius 1 is 1.31 bits per heavy atom. The van der Waals surface area contributed by atoms with Crippen LogP contribution in [-0.2, 0) is 19.4 Å². The predicted octanol–water partition coefficient (Wildman–Crippen LogP) is 1.28. The van der Waals surface area contributed by atoms with E-state index in [1.54, 1.807) is 0 Å². The second kappa shape index (κ2) is 4.42. The van der Waals surface area contributed by atoms with Crippen molar-refractivity contribution in [2.24, 2.45) is 5.73 Å². The molecular formula is C10H19N3. The number of nitrogens with zero attached hydrogens (tertiary/aromatic N) is 2. The van der Waals surface area contributed by atoms with Crippen molar-refractivity contribution in [1.29, 1.82) is 0 Å². The third kappa shape index (κ3) is 1.91. The first-order valence-corrected chi connectivity index (χ1v) is 4.99. The van der Waals surface area contributed by atoms with Crippen LogP contribution in [0.15, 0.2) is 0 Å². The van der Waals surface area contributed by atoms with Gasteiger partial charge in [0.05, 0.1) is 5.69 Å². The highest BCUT2D eigenvalue weighted by atomic mass is 15.1. The lowest BCUT2D eigenvalue weighted by molar-refractivity contribution is 0.650. The van der Waals surface area contributed by atoms with Gasteiger partial charge >= 0.3 is 0 Å². The molecule has 13 heavy (non-hydrogen) atoms. The summed E-state index contributed by atoms with van der Waals surface area (Å²) < 4.78 is 2.23. The van der Waals surface area contributed by atoms with E-state index in [4.69, 9.17) is 5.73 Å². The summed E-state index contributed by atoms with van der Waals surface area (Å²) in [4.78, 5) is 4.57. The molecule has 3 heteroatoms. The largest absolute Gasteiger partial charge is 0.331 e. The van der Waals surface area contributed by atoms with Crippen molar-refractivity contribution in [3.05, 3.63) is 17.2 Å². The summed E-state index contributed by atoms with van der Waals surface area (Å²) in [7, 11) is 0. The van der Waals surface area contributed by atoms with Crippen LogP contribution in [0.1, 0.15) is 31.1 Å². The zero-order chi connectivity index (χ0) is 9.84. The van der Waals surface area contributed by atoms with E-state index in [2.05, 4.69) is 30.3 Å². The maximum absolute atomic E-state index is 5.56. The van der Waals surface area contributed by atoms with Crippen LogP contribution in [0.25, 0.3) is 0 Å². The van der Waals surface area contributed by atoms with Gasteiger partial charge in [0, 0.05) is 25.2 Å². The number of rotatable bonds is 4. The zero-order valence-corrected chi connectivity index (χ0v) is 8.80. The van der Waals surface area contributed by atoms with Crippen molar-refractivity contribution < 1.29 is 0 Å². The first kappa shape index (κ1) is 10.3. The number of nitrogens with two attached hydrogens (primary N) is 1. The molecule has 0 bridgehead atoms. The normalized spacial score (nSPS) is 10.8. The van der Waals surface area contributed by atoms with Gasteiger partial charge in [0.25, 0.3) is 0 Å². The molecule has 1 aromatic rings. The molecule has 0 aliphatic heterocycles. The van der Waals surface area contributed by atoms with E-state index < -0.39 is 0 Å². The molecule has 0 spiro atoms. The average molecular weight is 181 g/mol. The van der Waals surface area contributed by atoms with Crippen molar-refractivity contribution in [1.82, 2.24) is 9.55 Å². The van der Waals surface area contributed by atoms with Crippen LogP contribution in [0.4, 0.5) is 0 Å². The van der Waals surface area contributed by atoms with Crippen LogP contribution in [-0.4, -0.2) is 16.1 Å². The highest BCUT2D eigenvalue weighted by molar-refractivity contribution is 5.16. The molecule has 0 fully saturated rings. The zero-order valence-electron chi connectivity index (χ0n) is 8.80. The van der Waals surface area contributed by atoms with Gasteiger partial charge in [-0.3, -0.25) is 0 Å². The van der Waals surface area contributed by atoms with Crippen LogP contribution in [0.5, 0.6) is 0 Å². The van der Waals surface area contributed by atoms with Gasteiger partial charge in [0.15, 0.2) is 0 Å². The van der Waals surface area contributed by atoms with E-state index in [1.807, 2.05) is 0 Å². The summed E-state index contributed by atoms with van der Waals surface area (Å²) in [5, 5.41) is 0. The lowest BCUT2D eigenvalue weighted by atomic mass is 10.3. The van der Waals surface area contributed by atoms with Crippen molar-refractivity contribution in [2.75, 3.05) is 6.54 Å². The van der Waals surface area contributed by atoms with Gasteiger partial charge in [-0.2, -0.15) is 0 Å². The molecule has 1 heterocycles. The average Bonchev–Trinajstić information content (AvgIpc) is 2.45. The Bertz CT molecular complexity index is 276. The Balaban J connectivity index is 3.05. The smallest absolute Gasteiger partial charge is 0.108 e. The second-order valence-corrected chi connectivity index (χ2v) is 3.21. The van der Waals surface area contributed by atoms with Crippen molar-refractivity contribution in [3.63, 3.8) is 0 Å². The Kier molecular flexibility index (Phi) is 3.48. The van der Waals surface area contributed by atoms with Gasteiger partial charge in [0.2, 0.25) is 0 Å². The first-order valence-electron chi connectivity index (χ1n) is 4.99. The standard InChI is InChI=1S/C10H19N3/c1-4-9-8(3)13(7-6-11)10(5-2)12-9/h4-7,11H2,1-3H3. The quantitative estimate of drug-likeness (QED) is 0.760. The molecule has 0 amide bonds. The van der Waals surface area contributed by atoms with Gasteiger partial charge in [-0.1, -0.05) is 13.8 Å². The van der Waals surface area contributed by atoms with Crippen LogP contribution in [0.3, 0.4) is 0 Å². The molecule has 0 aliphatic carbocycles. The van der Waals surface area contributed by atoms with Crippen molar-refractivity contribution in [2.45, 2.75) is 40.2 Å². The molecule has 2 N–H and O–H groups in total. The minimum Gasteiger partial charge on any atom is -0.331 e. The van der Waals surface area contributed by atoms with Crippen LogP contribution >= 0.6 is 0 Å². The predicted molar refractivity (Wildman–Crippen MR) is 54.8 cm³/mol. The van der Waals surface area contributed by atoms with E-state index in [-0.39, 0.29) is 0 Å². The molecule has 0 radical (unpaired) electrons. The third-order valence-corrected chi connectivity index (χ3v) is 2.40. The lowest BCUT2D eigenvalue weighted by Crippen LogP contribution is -2.13. The van der Waals surface area contributed by atoms with Crippen LogP contribution < -0.4 is 5.73 Å². The minimum absolute atomic E-state index is 0.688. The maximum Gasteiger partial charge on any atom is 0.108 e. The summed E-state index contributed by atoms with van der Waals surface area (Å²) in [5.74, 6) is 1.17. The fourth-order valence-corrected chi connectivity index (χ4v) is 1.68. The fraction of sp³-hybridized carbons (Fsp3) is 0.700. The molecule has 1 rings (SSSR count). The Morgan fingerprint density at radius 3 is 2.46 bits per heavy atom. The summed E-state index contributed by atoms with van der Waals surface area (Å²) >= 11 is 0. The summed E-state index contributed by atoms with van der Waals surface area (Å²) in [6.45, 7) is 7.98. The van der Waals surface area contributed by atoms with E-state index >= 15 is 0 Å². The second-order valence-electron chi connectivity index (χ2n) is 3.21. The molecule has 0 aliphatic rings. The van der Waals surface area contributed by atoms with Gasteiger partial charge in [-0.05, 0) is 13.3 Å². The van der Waals surface area contributed by atoms with Crippen LogP contribution in [0, 0.1) is 6.92 Å². The Labute approximate surface area is 80.0 Å². The number of hydrogen-bond acceptors (Lipinski definition) is 2. The summed E-state index contributed by atoms with van der Waals surface area (Å²) in [6, 6.07) is 0. The van der Waals surface area contributed by atoms with Crippen molar-refractivity contribution in [3.8, 4) is 0 Å². The minimum atomic E-state index is 0.688. The molecule has 1 aromatic heterocycles. The topological polar surface area (TPSA) is 43.8 Å². The highest BCUT2D eigenvalue weighted by Crippen LogP contribution is 2.11.